The van der Waals surface area contributed by atoms with E-state index < -0.39 is 0 Å². The van der Waals surface area contributed by atoms with E-state index in [1.54, 1.807) is 0 Å². The number of hydrogen-bond acceptors (Lipinski definition) is 3. The smallest absolute Gasteiger partial charge is 0.139 e. The van der Waals surface area contributed by atoms with Gasteiger partial charge in [0.1, 0.15) is 11.7 Å². The number of rotatable bonds is 2. The van der Waals surface area contributed by atoms with Gasteiger partial charge in [0.05, 0.1) is 5.56 Å². The van der Waals surface area contributed by atoms with Gasteiger partial charge in [0.15, 0.2) is 0 Å². The minimum atomic E-state index is 0.145. The molecule has 96 valence electrons. The van der Waals surface area contributed by atoms with E-state index in [1.807, 2.05) is 0 Å². The molecule has 1 aliphatic carbocycles. The van der Waals surface area contributed by atoms with Gasteiger partial charge < -0.3 is 10.6 Å². The Bertz CT molecular complexity index is 495. The van der Waals surface area contributed by atoms with E-state index in [0.717, 1.165) is 37.3 Å². The lowest BCUT2D eigenvalue weighted by molar-refractivity contribution is 0.658. The van der Waals surface area contributed by atoms with Crippen molar-refractivity contribution in [1.29, 1.82) is 5.41 Å². The van der Waals surface area contributed by atoms with Crippen molar-refractivity contribution in [2.45, 2.75) is 32.6 Å². The number of nitrogens with two attached hydrogens (primary N) is 1. The number of pyridine rings is 1. The maximum Gasteiger partial charge on any atom is 0.139 e. The predicted molar refractivity (Wildman–Crippen MR) is 73.3 cm³/mol. The van der Waals surface area contributed by atoms with Gasteiger partial charge in [-0.2, -0.15) is 0 Å². The zero-order valence-corrected chi connectivity index (χ0v) is 10.9. The van der Waals surface area contributed by atoms with Crippen LogP contribution in [0.4, 0.5) is 5.82 Å². The first-order valence-electron chi connectivity index (χ1n) is 6.77. The second kappa shape index (κ2) is 4.26. The fraction of sp³-hybridized carbons (Fsp3) is 0.571. The van der Waals surface area contributed by atoms with Gasteiger partial charge in [0, 0.05) is 18.8 Å². The minimum Gasteiger partial charge on any atom is -0.384 e. The molecule has 18 heavy (non-hydrogen) atoms. The van der Waals surface area contributed by atoms with E-state index in [4.69, 9.17) is 16.1 Å². The third-order valence-corrected chi connectivity index (χ3v) is 4.04. The van der Waals surface area contributed by atoms with Crippen molar-refractivity contribution in [2.75, 3.05) is 18.0 Å². The van der Waals surface area contributed by atoms with E-state index >= 15 is 0 Å². The van der Waals surface area contributed by atoms with Crippen LogP contribution in [0, 0.1) is 11.3 Å². The van der Waals surface area contributed by atoms with Gasteiger partial charge >= 0.3 is 0 Å². The van der Waals surface area contributed by atoms with E-state index in [9.17, 15) is 0 Å². The zero-order valence-electron chi connectivity index (χ0n) is 10.9. The largest absolute Gasteiger partial charge is 0.384 e. The summed E-state index contributed by atoms with van der Waals surface area (Å²) in [6, 6.07) is 2.09. The SMILES string of the molecule is CC1CCN(c2nc3c(cc2C(=N)N)CCC3)C1. The lowest BCUT2D eigenvalue weighted by Gasteiger charge is -2.21. The molecule has 4 heteroatoms. The van der Waals surface area contributed by atoms with Gasteiger partial charge in [0.25, 0.3) is 0 Å². The number of aromatic nitrogens is 1. The van der Waals surface area contributed by atoms with Crippen LogP contribution in [0.1, 0.15) is 36.6 Å². The summed E-state index contributed by atoms with van der Waals surface area (Å²) in [6.07, 6.45) is 4.54. The van der Waals surface area contributed by atoms with Crippen LogP contribution in [-0.4, -0.2) is 23.9 Å². The number of hydrogen-bond donors (Lipinski definition) is 2. The van der Waals surface area contributed by atoms with Crippen molar-refractivity contribution >= 4 is 11.7 Å². The van der Waals surface area contributed by atoms with Gasteiger partial charge in [0.2, 0.25) is 0 Å². The molecular weight excluding hydrogens is 224 g/mol. The van der Waals surface area contributed by atoms with Crippen LogP contribution in [0.2, 0.25) is 0 Å². The van der Waals surface area contributed by atoms with Crippen LogP contribution in [0.5, 0.6) is 0 Å². The Morgan fingerprint density at radius 2 is 2.33 bits per heavy atom. The molecule has 0 radical (unpaired) electrons. The summed E-state index contributed by atoms with van der Waals surface area (Å²) < 4.78 is 0. The molecule has 1 aliphatic heterocycles. The van der Waals surface area contributed by atoms with E-state index in [1.165, 1.54) is 24.1 Å². The highest BCUT2D eigenvalue weighted by atomic mass is 15.2. The number of amidine groups is 1. The quantitative estimate of drug-likeness (QED) is 0.614. The third-order valence-electron chi connectivity index (χ3n) is 4.04. The highest BCUT2D eigenvalue weighted by Gasteiger charge is 2.25. The molecule has 3 N–H and O–H groups in total. The number of fused-ring (bicyclic) bond motifs is 1. The van der Waals surface area contributed by atoms with Gasteiger partial charge in [-0.25, -0.2) is 4.98 Å². The molecule has 0 bridgehead atoms. The Morgan fingerprint density at radius 1 is 1.50 bits per heavy atom. The fourth-order valence-electron chi connectivity index (χ4n) is 3.03. The monoisotopic (exact) mass is 244 g/mol. The molecule has 1 aromatic heterocycles. The van der Waals surface area contributed by atoms with Crippen molar-refractivity contribution < 1.29 is 0 Å². The zero-order chi connectivity index (χ0) is 12.7. The Kier molecular flexibility index (Phi) is 2.73. The molecule has 0 saturated carbocycles. The van der Waals surface area contributed by atoms with Crippen molar-refractivity contribution in [3.8, 4) is 0 Å². The van der Waals surface area contributed by atoms with E-state index in [0.29, 0.717) is 5.92 Å². The van der Waals surface area contributed by atoms with E-state index in [-0.39, 0.29) is 5.84 Å². The Hall–Kier alpha value is -1.58. The third kappa shape index (κ3) is 1.85. The first kappa shape index (κ1) is 11.5. The van der Waals surface area contributed by atoms with Crippen LogP contribution in [0.15, 0.2) is 6.07 Å². The predicted octanol–water partition coefficient (Wildman–Crippen LogP) is 1.70. The van der Waals surface area contributed by atoms with Crippen molar-refractivity contribution in [1.82, 2.24) is 4.98 Å². The summed E-state index contributed by atoms with van der Waals surface area (Å²) in [5, 5.41) is 7.76. The Labute approximate surface area is 108 Å². The normalized spacial score (nSPS) is 22.3. The number of anilines is 1. The summed E-state index contributed by atoms with van der Waals surface area (Å²) in [6.45, 7) is 4.33. The average molecular weight is 244 g/mol. The topological polar surface area (TPSA) is 66.0 Å². The molecule has 1 aromatic rings. The molecule has 1 atom stereocenters. The van der Waals surface area contributed by atoms with Crippen molar-refractivity contribution in [2.24, 2.45) is 11.7 Å². The van der Waals surface area contributed by atoms with Gasteiger partial charge in [-0.3, -0.25) is 5.41 Å². The highest BCUT2D eigenvalue weighted by Crippen LogP contribution is 2.30. The Balaban J connectivity index is 2.04. The number of nitrogen functional groups attached to an aromatic ring is 1. The molecule has 2 aliphatic rings. The van der Waals surface area contributed by atoms with Crippen molar-refractivity contribution in [3.63, 3.8) is 0 Å². The van der Waals surface area contributed by atoms with Crippen LogP contribution in [0.25, 0.3) is 0 Å². The fourth-order valence-corrected chi connectivity index (χ4v) is 3.03. The molecule has 1 saturated heterocycles. The summed E-state index contributed by atoms with van der Waals surface area (Å²) in [4.78, 5) is 7.09. The summed E-state index contributed by atoms with van der Waals surface area (Å²) in [5.41, 5.74) is 9.06. The first-order chi connectivity index (χ1) is 8.65. The molecule has 1 fully saturated rings. The molecule has 4 nitrogen and oxygen atoms in total. The lowest BCUT2D eigenvalue weighted by Crippen LogP contribution is -2.25. The maximum atomic E-state index is 7.76. The standard InChI is InChI=1S/C14H20N4/c1-9-5-6-18(8-9)14-11(13(15)16)7-10-3-2-4-12(10)17-14/h7,9H,2-6,8H2,1H3,(H3,15,16). The second-order valence-corrected chi connectivity index (χ2v) is 5.57. The lowest BCUT2D eigenvalue weighted by atomic mass is 10.1. The van der Waals surface area contributed by atoms with Gasteiger partial charge in [-0.1, -0.05) is 6.92 Å². The molecule has 0 amide bonds. The second-order valence-electron chi connectivity index (χ2n) is 5.57. The van der Waals surface area contributed by atoms with Crippen LogP contribution in [0.3, 0.4) is 0 Å². The maximum absolute atomic E-state index is 7.76. The summed E-state index contributed by atoms with van der Waals surface area (Å²) in [5.74, 6) is 1.79. The minimum absolute atomic E-state index is 0.145. The first-order valence-corrected chi connectivity index (χ1v) is 6.77. The molecular formula is C14H20N4. The summed E-state index contributed by atoms with van der Waals surface area (Å²) in [7, 11) is 0. The van der Waals surface area contributed by atoms with Crippen molar-refractivity contribution in [3.05, 3.63) is 22.9 Å². The van der Waals surface area contributed by atoms with Crippen LogP contribution in [-0.2, 0) is 12.8 Å². The molecule has 0 aromatic carbocycles. The number of nitrogens with one attached hydrogen (secondary N) is 1. The summed E-state index contributed by atoms with van der Waals surface area (Å²) >= 11 is 0. The van der Waals surface area contributed by atoms with E-state index in [2.05, 4.69) is 17.9 Å². The average Bonchev–Trinajstić information content (AvgIpc) is 2.94. The highest BCUT2D eigenvalue weighted by molar-refractivity contribution is 6.00. The van der Waals surface area contributed by atoms with Gasteiger partial charge in [-0.15, -0.1) is 0 Å². The number of aryl methyl sites for hydroxylation is 2. The van der Waals surface area contributed by atoms with Crippen LogP contribution >= 0.6 is 0 Å². The van der Waals surface area contributed by atoms with Crippen LogP contribution < -0.4 is 10.6 Å². The van der Waals surface area contributed by atoms with Gasteiger partial charge in [-0.05, 0) is 43.2 Å². The molecule has 0 spiro atoms. The molecule has 3 rings (SSSR count). The molecule has 2 heterocycles. The Morgan fingerprint density at radius 3 is 3.00 bits per heavy atom. The molecule has 1 unspecified atom stereocenters. The number of nitrogens with zero attached hydrogens (tertiary/aromatic N) is 2.